The molecule has 1 aliphatic carbocycles. The zero-order valence-corrected chi connectivity index (χ0v) is 17.6. The molecule has 1 aromatic rings. The van der Waals surface area contributed by atoms with E-state index < -0.39 is 11.7 Å². The highest BCUT2D eigenvalue weighted by molar-refractivity contribution is 5.69. The molecule has 6 heteroatoms. The largest absolute Gasteiger partial charge is 0.445 e. The van der Waals surface area contributed by atoms with Crippen molar-refractivity contribution in [2.75, 3.05) is 13.1 Å². The third kappa shape index (κ3) is 7.79. The Morgan fingerprint density at radius 1 is 1.11 bits per heavy atom. The maximum atomic E-state index is 12.8. The van der Waals surface area contributed by atoms with Gasteiger partial charge in [-0.1, -0.05) is 37.3 Å². The number of nitrogens with one attached hydrogen (secondary N) is 1. The first-order valence-electron chi connectivity index (χ1n) is 10.2. The normalized spacial score (nSPS) is 19.6. The Bertz CT molecular complexity index is 619. The second kappa shape index (κ2) is 10.3. The number of hydrogen-bond acceptors (Lipinski definition) is 4. The topological polar surface area (TPSA) is 67.9 Å². The summed E-state index contributed by atoms with van der Waals surface area (Å²) in [6.45, 7) is 8.71. The Kier molecular flexibility index (Phi) is 8.15. The molecule has 0 bridgehead atoms. The molecule has 6 nitrogen and oxygen atoms in total. The van der Waals surface area contributed by atoms with Crippen molar-refractivity contribution < 1.29 is 19.1 Å². The Labute approximate surface area is 168 Å². The average Bonchev–Trinajstić information content (AvgIpc) is 2.64. The van der Waals surface area contributed by atoms with Gasteiger partial charge in [-0.2, -0.15) is 0 Å². The molecule has 1 aliphatic rings. The number of alkyl carbamates (subject to hydrolysis) is 1. The van der Waals surface area contributed by atoms with E-state index >= 15 is 0 Å². The molecule has 1 aromatic carbocycles. The molecule has 0 heterocycles. The van der Waals surface area contributed by atoms with Crippen LogP contribution in [0.25, 0.3) is 0 Å². The van der Waals surface area contributed by atoms with Crippen molar-refractivity contribution in [3.05, 3.63) is 35.9 Å². The number of ether oxygens (including phenoxy) is 2. The van der Waals surface area contributed by atoms with Crippen LogP contribution < -0.4 is 5.32 Å². The van der Waals surface area contributed by atoms with Crippen LogP contribution in [0.5, 0.6) is 0 Å². The minimum atomic E-state index is -0.544. The standard InChI is InChI=1S/C22H34N2O4/c1-17-10-12-19(13-11-17)24(15-14-23-20(25)28-22(2,3)4)21(26)27-16-18-8-6-5-7-9-18/h5-9,17,19H,10-16H2,1-4H3,(H,23,25). The van der Waals surface area contributed by atoms with Crippen LogP contribution in [0.4, 0.5) is 9.59 Å². The highest BCUT2D eigenvalue weighted by Gasteiger charge is 2.28. The molecule has 0 unspecified atom stereocenters. The Balaban J connectivity index is 1.90. The van der Waals surface area contributed by atoms with Crippen molar-refractivity contribution in [2.45, 2.75) is 71.6 Å². The van der Waals surface area contributed by atoms with Crippen LogP contribution in [0.3, 0.4) is 0 Å². The van der Waals surface area contributed by atoms with Gasteiger partial charge in [-0.05, 0) is 57.9 Å². The minimum absolute atomic E-state index is 0.153. The lowest BCUT2D eigenvalue weighted by Crippen LogP contribution is -2.46. The molecule has 1 fully saturated rings. The van der Waals surface area contributed by atoms with Crippen molar-refractivity contribution in [1.82, 2.24) is 10.2 Å². The number of amides is 2. The Hall–Kier alpha value is -2.24. The van der Waals surface area contributed by atoms with E-state index in [1.165, 1.54) is 0 Å². The van der Waals surface area contributed by atoms with E-state index in [4.69, 9.17) is 9.47 Å². The number of benzene rings is 1. The summed E-state index contributed by atoms with van der Waals surface area (Å²) in [4.78, 5) is 26.4. The number of hydrogen-bond donors (Lipinski definition) is 1. The van der Waals surface area contributed by atoms with E-state index in [0.29, 0.717) is 19.0 Å². The van der Waals surface area contributed by atoms with Crippen molar-refractivity contribution in [3.63, 3.8) is 0 Å². The molecule has 0 spiro atoms. The summed E-state index contributed by atoms with van der Waals surface area (Å²) in [6, 6.07) is 9.81. The number of carbonyl (C=O) groups excluding carboxylic acids is 2. The predicted octanol–water partition coefficient (Wildman–Crippen LogP) is 4.73. The summed E-state index contributed by atoms with van der Waals surface area (Å²) >= 11 is 0. The molecule has 0 atom stereocenters. The van der Waals surface area contributed by atoms with Gasteiger partial charge in [-0.3, -0.25) is 0 Å². The van der Waals surface area contributed by atoms with E-state index in [-0.39, 0.29) is 18.7 Å². The lowest BCUT2D eigenvalue weighted by Gasteiger charge is -2.35. The fourth-order valence-electron chi connectivity index (χ4n) is 3.37. The fraction of sp³-hybridized carbons (Fsp3) is 0.636. The summed E-state index contributed by atoms with van der Waals surface area (Å²) in [6.07, 6.45) is 3.35. The summed E-state index contributed by atoms with van der Waals surface area (Å²) in [7, 11) is 0. The second-order valence-corrected chi connectivity index (χ2v) is 8.58. The molecule has 0 radical (unpaired) electrons. The van der Waals surface area contributed by atoms with Crippen LogP contribution in [0.2, 0.25) is 0 Å². The zero-order chi connectivity index (χ0) is 20.6. The zero-order valence-electron chi connectivity index (χ0n) is 17.6. The van der Waals surface area contributed by atoms with Crippen LogP contribution in [0, 0.1) is 5.92 Å². The van der Waals surface area contributed by atoms with Gasteiger partial charge in [0, 0.05) is 19.1 Å². The molecule has 2 rings (SSSR count). The molecule has 156 valence electrons. The second-order valence-electron chi connectivity index (χ2n) is 8.58. The minimum Gasteiger partial charge on any atom is -0.445 e. The van der Waals surface area contributed by atoms with Crippen molar-refractivity contribution in [2.24, 2.45) is 5.92 Å². The Morgan fingerprint density at radius 2 is 1.75 bits per heavy atom. The van der Waals surface area contributed by atoms with Gasteiger partial charge in [0.1, 0.15) is 12.2 Å². The number of nitrogens with zero attached hydrogens (tertiary/aromatic N) is 1. The van der Waals surface area contributed by atoms with E-state index in [9.17, 15) is 9.59 Å². The van der Waals surface area contributed by atoms with E-state index in [1.54, 1.807) is 4.90 Å². The summed E-state index contributed by atoms with van der Waals surface area (Å²) in [5, 5.41) is 2.74. The molecule has 28 heavy (non-hydrogen) atoms. The van der Waals surface area contributed by atoms with Gasteiger partial charge < -0.3 is 19.7 Å². The fourth-order valence-corrected chi connectivity index (χ4v) is 3.37. The van der Waals surface area contributed by atoms with E-state index in [1.807, 2.05) is 51.1 Å². The van der Waals surface area contributed by atoms with Crippen LogP contribution in [-0.4, -0.2) is 41.8 Å². The van der Waals surface area contributed by atoms with Crippen molar-refractivity contribution >= 4 is 12.2 Å². The first-order chi connectivity index (χ1) is 13.2. The first-order valence-corrected chi connectivity index (χ1v) is 10.2. The molecular formula is C22H34N2O4. The molecule has 1 N–H and O–H groups in total. The molecule has 0 aromatic heterocycles. The molecule has 0 saturated heterocycles. The van der Waals surface area contributed by atoms with Gasteiger partial charge in [0.25, 0.3) is 0 Å². The number of carbonyl (C=O) groups is 2. The lowest BCUT2D eigenvalue weighted by molar-refractivity contribution is 0.0489. The van der Waals surface area contributed by atoms with Crippen molar-refractivity contribution in [1.29, 1.82) is 0 Å². The average molecular weight is 391 g/mol. The highest BCUT2D eigenvalue weighted by Crippen LogP contribution is 2.27. The van der Waals surface area contributed by atoms with Gasteiger partial charge >= 0.3 is 12.2 Å². The third-order valence-electron chi connectivity index (χ3n) is 4.89. The van der Waals surface area contributed by atoms with Crippen molar-refractivity contribution in [3.8, 4) is 0 Å². The highest BCUT2D eigenvalue weighted by atomic mass is 16.6. The van der Waals surface area contributed by atoms with Gasteiger partial charge in [-0.25, -0.2) is 9.59 Å². The quantitative estimate of drug-likeness (QED) is 0.762. The van der Waals surface area contributed by atoms with Crippen LogP contribution in [0.15, 0.2) is 30.3 Å². The van der Waals surface area contributed by atoms with E-state index in [0.717, 1.165) is 31.2 Å². The molecule has 2 amide bonds. The van der Waals surface area contributed by atoms with Gasteiger partial charge in [0.05, 0.1) is 0 Å². The Morgan fingerprint density at radius 3 is 2.36 bits per heavy atom. The number of rotatable bonds is 6. The summed E-state index contributed by atoms with van der Waals surface area (Å²) in [5.41, 5.74) is 0.415. The maximum Gasteiger partial charge on any atom is 0.410 e. The summed E-state index contributed by atoms with van der Waals surface area (Å²) in [5.74, 6) is 0.693. The monoisotopic (exact) mass is 390 g/mol. The van der Waals surface area contributed by atoms with Gasteiger partial charge in [-0.15, -0.1) is 0 Å². The summed E-state index contributed by atoms with van der Waals surface area (Å²) < 4.78 is 10.8. The van der Waals surface area contributed by atoms with Gasteiger partial charge in [0.15, 0.2) is 0 Å². The van der Waals surface area contributed by atoms with E-state index in [2.05, 4.69) is 12.2 Å². The van der Waals surface area contributed by atoms with Crippen LogP contribution in [-0.2, 0) is 16.1 Å². The maximum absolute atomic E-state index is 12.8. The van der Waals surface area contributed by atoms with Crippen LogP contribution in [0.1, 0.15) is 58.9 Å². The van der Waals surface area contributed by atoms with Gasteiger partial charge in [0.2, 0.25) is 0 Å². The lowest BCUT2D eigenvalue weighted by atomic mass is 9.86. The molecule has 1 saturated carbocycles. The predicted molar refractivity (Wildman–Crippen MR) is 109 cm³/mol. The molecule has 0 aliphatic heterocycles. The SMILES string of the molecule is CC1CCC(N(CCNC(=O)OC(C)(C)C)C(=O)OCc2ccccc2)CC1. The molecular weight excluding hydrogens is 356 g/mol. The first kappa shape index (κ1) is 22.1. The smallest absolute Gasteiger partial charge is 0.410 e. The van der Waals surface area contributed by atoms with Crippen LogP contribution >= 0.6 is 0 Å². The third-order valence-corrected chi connectivity index (χ3v) is 4.89.